The third-order valence-electron chi connectivity index (χ3n) is 4.52. The number of aliphatic imine (C=N–C) groups is 2. The molecule has 2 aromatic heterocycles. The Morgan fingerprint density at radius 1 is 1.48 bits per heavy atom. The summed E-state index contributed by atoms with van der Waals surface area (Å²) in [5.74, 6) is 0.522. The Morgan fingerprint density at radius 3 is 2.91 bits per heavy atom. The first kappa shape index (κ1) is 25.7. The number of amidine groups is 1. The van der Waals surface area contributed by atoms with Crippen molar-refractivity contribution in [3.05, 3.63) is 40.9 Å². The monoisotopic (exact) mass is 468 g/mol. The molecule has 174 valence electrons. The highest BCUT2D eigenvalue weighted by molar-refractivity contribution is 7.18. The predicted molar refractivity (Wildman–Crippen MR) is 133 cm³/mol. The number of carbonyl (C=O) groups excluding carboxylic acids is 1. The molecule has 0 spiro atoms. The number of nitrogens with one attached hydrogen (secondary N) is 1. The Morgan fingerprint density at radius 2 is 2.27 bits per heavy atom. The van der Waals surface area contributed by atoms with Crippen LogP contribution in [0, 0.1) is 11.3 Å². The summed E-state index contributed by atoms with van der Waals surface area (Å²) < 4.78 is 10.1. The minimum absolute atomic E-state index is 0.199. The van der Waals surface area contributed by atoms with E-state index in [9.17, 15) is 10.1 Å². The summed E-state index contributed by atoms with van der Waals surface area (Å²) in [4.78, 5) is 25.4. The molecule has 3 heterocycles. The molecule has 9 nitrogen and oxygen atoms in total. The first-order chi connectivity index (χ1) is 16.1. The van der Waals surface area contributed by atoms with E-state index < -0.39 is 6.09 Å². The van der Waals surface area contributed by atoms with Gasteiger partial charge in [-0.25, -0.2) is 19.8 Å². The zero-order valence-corrected chi connectivity index (χ0v) is 19.8. The number of methoxy groups -OCH3 is 1. The van der Waals surface area contributed by atoms with Gasteiger partial charge in [-0.1, -0.05) is 26.5 Å². The van der Waals surface area contributed by atoms with Crippen LogP contribution in [0.25, 0.3) is 16.5 Å². The molecule has 1 unspecified atom stereocenters. The van der Waals surface area contributed by atoms with Crippen molar-refractivity contribution in [2.24, 2.45) is 15.7 Å². The summed E-state index contributed by atoms with van der Waals surface area (Å²) >= 11 is 1.30. The summed E-state index contributed by atoms with van der Waals surface area (Å²) in [5, 5.41) is 12.3. The summed E-state index contributed by atoms with van der Waals surface area (Å²) in [7, 11) is 1.26. The molecule has 0 bridgehead atoms. The van der Waals surface area contributed by atoms with E-state index in [1.54, 1.807) is 18.2 Å². The SMILES string of the molecule is C=Cc1c(C(N)=N/C=N/C2CCCCO2)sc(-c2ccnc(NC(=O)OC)c2)c1C#N.CC. The number of anilines is 1. The standard InChI is InChI=1S/C21H22N6O3S.C2H6/c1-3-14-15(11-22)18(13-7-8-24-16(10-13)27-21(28)29-2)31-19(14)20(23)26-12-25-17-6-4-5-9-30-17;1-2/h3,7-8,10,12,17H,1,4-6,9H2,2H3,(H2,23,25,26)(H,24,27,28);1-2H3. The first-order valence-corrected chi connectivity index (χ1v) is 11.4. The number of nitriles is 1. The van der Waals surface area contributed by atoms with E-state index in [1.165, 1.54) is 31.0 Å². The van der Waals surface area contributed by atoms with Crippen LogP contribution in [0.15, 0.2) is 34.9 Å². The van der Waals surface area contributed by atoms with E-state index in [0.29, 0.717) is 38.9 Å². The van der Waals surface area contributed by atoms with Crippen LogP contribution in [-0.2, 0) is 9.47 Å². The zero-order chi connectivity index (χ0) is 24.2. The van der Waals surface area contributed by atoms with Gasteiger partial charge in [-0.2, -0.15) is 5.26 Å². The molecule has 3 rings (SSSR count). The number of aromatic nitrogens is 1. The van der Waals surface area contributed by atoms with Crippen molar-refractivity contribution in [2.45, 2.75) is 39.3 Å². The minimum Gasteiger partial charge on any atom is -0.453 e. The number of carbonyl (C=O) groups is 1. The predicted octanol–water partition coefficient (Wildman–Crippen LogP) is 4.79. The lowest BCUT2D eigenvalue weighted by atomic mass is 10.1. The average Bonchev–Trinajstić information content (AvgIpc) is 3.25. The van der Waals surface area contributed by atoms with Crippen molar-refractivity contribution in [2.75, 3.05) is 19.0 Å². The number of rotatable bonds is 6. The van der Waals surface area contributed by atoms with Crippen molar-refractivity contribution >= 4 is 41.5 Å². The number of ether oxygens (including phenoxy) is 2. The Balaban J connectivity index is 0.00000187. The van der Waals surface area contributed by atoms with Gasteiger partial charge in [0.05, 0.1) is 22.4 Å². The highest BCUT2D eigenvalue weighted by Gasteiger charge is 2.20. The van der Waals surface area contributed by atoms with Crippen LogP contribution in [0.4, 0.5) is 10.6 Å². The Hall–Kier alpha value is -3.55. The molecule has 0 saturated carbocycles. The van der Waals surface area contributed by atoms with Gasteiger partial charge in [0.1, 0.15) is 30.3 Å². The second kappa shape index (κ2) is 13.1. The third kappa shape index (κ3) is 6.71. The molecule has 1 aliphatic rings. The minimum atomic E-state index is -0.638. The lowest BCUT2D eigenvalue weighted by molar-refractivity contribution is 0.0226. The largest absolute Gasteiger partial charge is 0.453 e. The highest BCUT2D eigenvalue weighted by atomic mass is 32.1. The molecule has 1 atom stereocenters. The van der Waals surface area contributed by atoms with Crippen LogP contribution >= 0.6 is 11.3 Å². The van der Waals surface area contributed by atoms with Crippen molar-refractivity contribution in [3.63, 3.8) is 0 Å². The smallest absolute Gasteiger partial charge is 0.412 e. The lowest BCUT2D eigenvalue weighted by Gasteiger charge is -2.17. The van der Waals surface area contributed by atoms with E-state index in [1.807, 2.05) is 13.8 Å². The van der Waals surface area contributed by atoms with Gasteiger partial charge in [0, 0.05) is 18.4 Å². The molecule has 0 aliphatic carbocycles. The Labute approximate surface area is 197 Å². The molecule has 2 aromatic rings. The van der Waals surface area contributed by atoms with Gasteiger partial charge in [-0.3, -0.25) is 5.32 Å². The van der Waals surface area contributed by atoms with Crippen LogP contribution in [0.5, 0.6) is 0 Å². The second-order valence-corrected chi connectivity index (χ2v) is 7.53. The molecule has 1 fully saturated rings. The van der Waals surface area contributed by atoms with Crippen molar-refractivity contribution in [1.82, 2.24) is 4.98 Å². The molecule has 3 N–H and O–H groups in total. The summed E-state index contributed by atoms with van der Waals surface area (Å²) in [6, 6.07) is 5.60. The Bertz CT molecular complexity index is 1060. The number of hydrogen-bond donors (Lipinski definition) is 2. The number of thiophene rings is 1. The van der Waals surface area contributed by atoms with Crippen molar-refractivity contribution in [1.29, 1.82) is 5.26 Å². The van der Waals surface area contributed by atoms with Crippen LogP contribution in [-0.4, -0.2) is 43.2 Å². The van der Waals surface area contributed by atoms with E-state index in [0.717, 1.165) is 19.3 Å². The van der Waals surface area contributed by atoms with Crippen LogP contribution < -0.4 is 11.1 Å². The third-order valence-corrected chi connectivity index (χ3v) is 5.79. The molecule has 33 heavy (non-hydrogen) atoms. The number of amides is 1. The topological polar surface area (TPSA) is 135 Å². The van der Waals surface area contributed by atoms with Crippen LogP contribution in [0.1, 0.15) is 49.1 Å². The van der Waals surface area contributed by atoms with Crippen LogP contribution in [0.2, 0.25) is 0 Å². The summed E-state index contributed by atoms with van der Waals surface area (Å²) in [5.41, 5.74) is 7.89. The van der Waals surface area contributed by atoms with Gasteiger partial charge in [0.2, 0.25) is 0 Å². The normalized spacial score (nSPS) is 15.8. The van der Waals surface area contributed by atoms with E-state index in [-0.39, 0.29) is 12.1 Å². The fourth-order valence-corrected chi connectivity index (χ4v) is 4.17. The van der Waals surface area contributed by atoms with Crippen molar-refractivity contribution < 1.29 is 14.3 Å². The van der Waals surface area contributed by atoms with E-state index in [4.69, 9.17) is 10.5 Å². The quantitative estimate of drug-likeness (QED) is 0.462. The fourth-order valence-electron chi connectivity index (χ4n) is 3.01. The molecule has 1 saturated heterocycles. The molecule has 0 aromatic carbocycles. The Kier molecular flexibility index (Phi) is 10.2. The number of nitrogens with zero attached hydrogens (tertiary/aromatic N) is 4. The molecule has 0 radical (unpaired) electrons. The molecular weight excluding hydrogens is 440 g/mol. The van der Waals surface area contributed by atoms with Gasteiger partial charge >= 0.3 is 6.09 Å². The van der Waals surface area contributed by atoms with Crippen molar-refractivity contribution in [3.8, 4) is 16.5 Å². The van der Waals surface area contributed by atoms with Gasteiger partial charge in [0.15, 0.2) is 0 Å². The number of pyridine rings is 1. The van der Waals surface area contributed by atoms with E-state index in [2.05, 4.69) is 37.7 Å². The fraction of sp³-hybridized carbons (Fsp3) is 0.348. The molecule has 1 amide bonds. The van der Waals surface area contributed by atoms with Gasteiger partial charge in [-0.05, 0) is 37.0 Å². The first-order valence-electron chi connectivity index (χ1n) is 10.5. The maximum Gasteiger partial charge on any atom is 0.412 e. The number of hydrogen-bond acceptors (Lipinski definition) is 7. The lowest BCUT2D eigenvalue weighted by Crippen LogP contribution is -2.17. The van der Waals surface area contributed by atoms with Gasteiger partial charge in [-0.15, -0.1) is 11.3 Å². The molecule has 1 aliphatic heterocycles. The highest BCUT2D eigenvalue weighted by Crippen LogP contribution is 2.37. The molecular formula is C23H28N6O3S. The second-order valence-electron chi connectivity index (χ2n) is 6.51. The molecule has 10 heteroatoms. The van der Waals surface area contributed by atoms with Gasteiger partial charge < -0.3 is 15.2 Å². The maximum absolute atomic E-state index is 11.5. The maximum atomic E-state index is 11.5. The zero-order valence-electron chi connectivity index (χ0n) is 19.0. The van der Waals surface area contributed by atoms with Crippen LogP contribution in [0.3, 0.4) is 0 Å². The number of nitrogens with two attached hydrogens (primary N) is 1. The average molecular weight is 469 g/mol. The van der Waals surface area contributed by atoms with E-state index >= 15 is 0 Å². The van der Waals surface area contributed by atoms with Gasteiger partial charge in [0.25, 0.3) is 0 Å². The summed E-state index contributed by atoms with van der Waals surface area (Å²) in [6.45, 7) is 8.51. The summed E-state index contributed by atoms with van der Waals surface area (Å²) in [6.07, 6.45) is 6.64.